The van der Waals surface area contributed by atoms with Gasteiger partial charge in [0, 0.05) is 16.9 Å². The molecular formula is C31H52O2Si2. The summed E-state index contributed by atoms with van der Waals surface area (Å²) >= 11 is 0. The first-order chi connectivity index (χ1) is 16.0. The Labute approximate surface area is 218 Å². The molecule has 3 fully saturated rings. The van der Waals surface area contributed by atoms with E-state index < -0.39 is 22.0 Å². The Bertz CT molecular complexity index is 942. The Balaban J connectivity index is 1.59. The van der Waals surface area contributed by atoms with Crippen molar-refractivity contribution in [2.24, 2.45) is 28.6 Å². The van der Waals surface area contributed by atoms with E-state index in [4.69, 9.17) is 4.43 Å². The fourth-order valence-electron chi connectivity index (χ4n) is 7.92. The fraction of sp³-hybridized carbons (Fsp3) is 0.806. The van der Waals surface area contributed by atoms with Gasteiger partial charge in [-0.25, -0.2) is 0 Å². The van der Waals surface area contributed by atoms with Crippen molar-refractivity contribution in [2.45, 2.75) is 129 Å². The van der Waals surface area contributed by atoms with Crippen molar-refractivity contribution in [1.82, 2.24) is 0 Å². The van der Waals surface area contributed by atoms with Crippen molar-refractivity contribution in [3.63, 3.8) is 0 Å². The minimum absolute atomic E-state index is 0.0861. The lowest BCUT2D eigenvalue weighted by Crippen LogP contribution is -2.55. The molecule has 2 nitrogen and oxygen atoms in total. The van der Waals surface area contributed by atoms with Crippen LogP contribution in [-0.2, 0) is 4.43 Å². The van der Waals surface area contributed by atoms with Gasteiger partial charge in [0.1, 0.15) is 13.7 Å². The van der Waals surface area contributed by atoms with Crippen molar-refractivity contribution in [1.29, 1.82) is 0 Å². The molecule has 4 aliphatic rings. The van der Waals surface area contributed by atoms with Crippen LogP contribution in [0.3, 0.4) is 0 Å². The highest BCUT2D eigenvalue weighted by Gasteiger charge is 2.64. The Hall–Kier alpha value is -0.606. The zero-order chi connectivity index (χ0) is 26.1. The molecule has 196 valence electrons. The van der Waals surface area contributed by atoms with Crippen molar-refractivity contribution in [2.75, 3.05) is 0 Å². The number of hydrogen-bond acceptors (Lipinski definition) is 2. The van der Waals surface area contributed by atoms with Crippen molar-refractivity contribution >= 4 is 16.4 Å². The van der Waals surface area contributed by atoms with Crippen molar-refractivity contribution in [3.05, 3.63) is 24.3 Å². The van der Waals surface area contributed by atoms with E-state index in [1.807, 2.05) is 0 Å². The van der Waals surface area contributed by atoms with E-state index in [-0.39, 0.29) is 15.9 Å². The molecule has 0 saturated heterocycles. The van der Waals surface area contributed by atoms with Gasteiger partial charge >= 0.3 is 0 Å². The third kappa shape index (κ3) is 4.51. The molecule has 1 N–H and O–H groups in total. The summed E-state index contributed by atoms with van der Waals surface area (Å²) in [6, 6.07) is 0. The second kappa shape index (κ2) is 8.72. The number of allylic oxidation sites excluding steroid dienone is 2. The molecule has 0 spiro atoms. The first-order valence-electron chi connectivity index (χ1n) is 14.3. The molecule has 3 saturated carbocycles. The van der Waals surface area contributed by atoms with Gasteiger partial charge in [-0.05, 0) is 87.3 Å². The van der Waals surface area contributed by atoms with Gasteiger partial charge in [0.05, 0.1) is 0 Å². The van der Waals surface area contributed by atoms with Gasteiger partial charge in [0.15, 0.2) is 8.32 Å². The van der Waals surface area contributed by atoms with E-state index >= 15 is 0 Å². The number of rotatable bonds is 3. The normalized spacial score (nSPS) is 41.6. The van der Waals surface area contributed by atoms with Gasteiger partial charge < -0.3 is 9.53 Å². The van der Waals surface area contributed by atoms with E-state index in [1.165, 1.54) is 12.8 Å². The lowest BCUT2D eigenvalue weighted by atomic mass is 9.46. The van der Waals surface area contributed by atoms with Crippen LogP contribution in [0.4, 0.5) is 0 Å². The Kier molecular flexibility index (Phi) is 6.83. The van der Waals surface area contributed by atoms with Crippen LogP contribution >= 0.6 is 0 Å². The second-order valence-electron chi connectivity index (χ2n) is 15.2. The molecule has 0 radical (unpaired) electrons. The third-order valence-corrected chi connectivity index (χ3v) is 16.5. The molecule has 4 heteroatoms. The van der Waals surface area contributed by atoms with Gasteiger partial charge in [0.2, 0.25) is 0 Å². The van der Waals surface area contributed by atoms with Crippen molar-refractivity contribution < 1.29 is 9.53 Å². The maximum atomic E-state index is 11.9. The van der Waals surface area contributed by atoms with Gasteiger partial charge in [-0.15, -0.1) is 12.1 Å². The van der Waals surface area contributed by atoms with Gasteiger partial charge in [-0.2, -0.15) is 0 Å². The van der Waals surface area contributed by atoms with E-state index in [0.29, 0.717) is 23.9 Å². The van der Waals surface area contributed by atoms with Gasteiger partial charge in [-0.3, -0.25) is 0 Å². The summed E-state index contributed by atoms with van der Waals surface area (Å²) in [4.78, 5) is 0. The largest absolute Gasteiger partial charge is 0.414 e. The highest BCUT2D eigenvalue weighted by Crippen LogP contribution is 2.67. The maximum Gasteiger partial charge on any atom is 0.192 e. The smallest absolute Gasteiger partial charge is 0.192 e. The van der Waals surface area contributed by atoms with Gasteiger partial charge in [0.25, 0.3) is 0 Å². The molecule has 0 aliphatic heterocycles. The average Bonchev–Trinajstić information content (AvgIpc) is 3.02. The second-order valence-corrected chi connectivity index (χ2v) is 24.7. The summed E-state index contributed by atoms with van der Waals surface area (Å²) in [5.74, 6) is 5.31. The fourth-order valence-corrected chi connectivity index (χ4v) is 9.89. The SMILES string of the molecule is C=C[C@]12CC[C@H](O[Si](C)(C)C(C)(C)C)CC1=CCC1C2CC[C@@]2(C)C1CC[C@@]2(O)C#C[Si](C)(C)C. The highest BCUT2D eigenvalue weighted by molar-refractivity contribution is 6.83. The Morgan fingerprint density at radius 3 is 2.31 bits per heavy atom. The third-order valence-electron chi connectivity index (χ3n) is 11.1. The Morgan fingerprint density at radius 1 is 1.06 bits per heavy atom. The topological polar surface area (TPSA) is 29.5 Å². The van der Waals surface area contributed by atoms with Crippen LogP contribution in [0.1, 0.15) is 79.1 Å². The van der Waals surface area contributed by atoms with Crippen LogP contribution in [0.5, 0.6) is 0 Å². The van der Waals surface area contributed by atoms with Crippen LogP contribution in [0.25, 0.3) is 0 Å². The molecule has 0 amide bonds. The zero-order valence-corrected chi connectivity index (χ0v) is 26.2. The molecule has 35 heavy (non-hydrogen) atoms. The van der Waals surface area contributed by atoms with Crippen molar-refractivity contribution in [3.8, 4) is 11.5 Å². The standard InChI is InChI=1S/C31H52O2Si2/c1-11-30-18-14-24(33-35(9,10)28(2,3)4)22-23(30)12-13-25-26-16-19-31(32,20-21-34(6,7)8)29(26,5)17-15-27(25)30/h11-12,24-27,32H,1,13-19,22H2,2-10H3/t24-,25?,26?,27?,29-,30-,31+/m0/s1. The van der Waals surface area contributed by atoms with Crippen LogP contribution in [0.15, 0.2) is 24.3 Å². The van der Waals surface area contributed by atoms with Crippen LogP contribution in [0.2, 0.25) is 37.8 Å². The van der Waals surface area contributed by atoms with E-state index in [2.05, 4.69) is 90.6 Å². The Morgan fingerprint density at radius 2 is 1.71 bits per heavy atom. The molecule has 0 aromatic carbocycles. The number of hydrogen-bond donors (Lipinski definition) is 1. The average molecular weight is 513 g/mol. The molecule has 4 aliphatic carbocycles. The molecular weight excluding hydrogens is 461 g/mol. The van der Waals surface area contributed by atoms with Crippen LogP contribution in [0, 0.1) is 40.0 Å². The zero-order valence-electron chi connectivity index (χ0n) is 24.2. The monoisotopic (exact) mass is 512 g/mol. The summed E-state index contributed by atoms with van der Waals surface area (Å²) in [6.45, 7) is 25.5. The minimum Gasteiger partial charge on any atom is -0.414 e. The molecule has 0 aromatic rings. The predicted molar refractivity (Wildman–Crippen MR) is 154 cm³/mol. The summed E-state index contributed by atoms with van der Waals surface area (Å²) in [7, 11) is -3.30. The predicted octanol–water partition coefficient (Wildman–Crippen LogP) is 8.12. The maximum absolute atomic E-state index is 11.9. The summed E-state index contributed by atoms with van der Waals surface area (Å²) in [5.41, 5.74) is 4.37. The quantitative estimate of drug-likeness (QED) is 0.235. The number of fused-ring (bicyclic) bond motifs is 5. The first kappa shape index (κ1) is 27.4. The van der Waals surface area contributed by atoms with E-state index in [0.717, 1.165) is 38.5 Å². The lowest BCUT2D eigenvalue weighted by Gasteiger charge is -2.59. The summed E-state index contributed by atoms with van der Waals surface area (Å²) in [5, 5.41) is 12.1. The molecule has 0 heterocycles. The molecule has 0 bridgehead atoms. The molecule has 7 atom stereocenters. The molecule has 3 unspecified atom stereocenters. The van der Waals surface area contributed by atoms with E-state index in [9.17, 15) is 5.11 Å². The number of aliphatic hydroxyl groups is 1. The highest BCUT2D eigenvalue weighted by atomic mass is 28.4. The van der Waals surface area contributed by atoms with Gasteiger partial charge in [-0.1, -0.05) is 71.0 Å². The van der Waals surface area contributed by atoms with E-state index in [1.54, 1.807) is 5.57 Å². The summed E-state index contributed by atoms with van der Waals surface area (Å²) < 4.78 is 6.90. The molecule has 4 rings (SSSR count). The lowest BCUT2D eigenvalue weighted by molar-refractivity contribution is -0.0920. The summed E-state index contributed by atoms with van der Waals surface area (Å²) in [6.07, 6.45) is 14.0. The minimum atomic E-state index is -1.77. The molecule has 0 aromatic heterocycles. The van der Waals surface area contributed by atoms with Crippen LogP contribution in [-0.4, -0.2) is 33.2 Å². The first-order valence-corrected chi connectivity index (χ1v) is 20.7. The van der Waals surface area contributed by atoms with Crippen LogP contribution < -0.4 is 0 Å².